The molecule has 1 aliphatic carbocycles. The molecule has 0 N–H and O–H groups in total. The Bertz CT molecular complexity index is 1140. The Morgan fingerprint density at radius 1 is 1.15 bits per heavy atom. The van der Waals surface area contributed by atoms with Crippen LogP contribution in [-0.4, -0.2) is 58.1 Å². The van der Waals surface area contributed by atoms with E-state index in [1.54, 1.807) is 4.90 Å². The fourth-order valence-corrected chi connectivity index (χ4v) is 5.61. The lowest BCUT2D eigenvalue weighted by Gasteiger charge is -2.26. The molecule has 7 nitrogen and oxygen atoms in total. The zero-order valence-corrected chi connectivity index (χ0v) is 20.8. The summed E-state index contributed by atoms with van der Waals surface area (Å²) in [6.07, 6.45) is 5.16. The normalized spacial score (nSPS) is 24.7. The maximum atomic E-state index is 13.4. The summed E-state index contributed by atoms with van der Waals surface area (Å²) >= 11 is 0. The third-order valence-electron chi connectivity index (χ3n) is 7.25. The van der Waals surface area contributed by atoms with Gasteiger partial charge in [0.25, 0.3) is 0 Å². The number of hydrogen-bond donors (Lipinski definition) is 0. The van der Waals surface area contributed by atoms with Gasteiger partial charge in [0.1, 0.15) is 17.2 Å². The first kappa shape index (κ1) is 23.1. The summed E-state index contributed by atoms with van der Waals surface area (Å²) in [6.45, 7) is 12.4. The molecule has 2 aromatic heterocycles. The van der Waals surface area contributed by atoms with Gasteiger partial charge in [0.05, 0.1) is 24.4 Å². The van der Waals surface area contributed by atoms with E-state index in [-0.39, 0.29) is 29.6 Å². The largest absolute Gasteiger partial charge is 0.444 e. The first-order chi connectivity index (χ1) is 16.0. The summed E-state index contributed by atoms with van der Waals surface area (Å²) in [6, 6.07) is 6.13. The number of fused-ring (bicyclic) bond motifs is 2. The van der Waals surface area contributed by atoms with Crippen LogP contribution in [0, 0.1) is 17.8 Å². The van der Waals surface area contributed by atoms with E-state index in [1.807, 2.05) is 39.1 Å². The van der Waals surface area contributed by atoms with E-state index in [2.05, 4.69) is 30.4 Å². The van der Waals surface area contributed by atoms with Crippen molar-refractivity contribution >= 4 is 23.0 Å². The smallest absolute Gasteiger partial charge is 0.410 e. The number of nitrogens with zero attached hydrogens (tertiary/aromatic N) is 3. The molecule has 2 fully saturated rings. The van der Waals surface area contributed by atoms with E-state index >= 15 is 0 Å². The van der Waals surface area contributed by atoms with Crippen LogP contribution in [0.25, 0.3) is 11.1 Å². The maximum absolute atomic E-state index is 13.4. The van der Waals surface area contributed by atoms with Crippen molar-refractivity contribution in [3.8, 4) is 0 Å². The van der Waals surface area contributed by atoms with E-state index in [9.17, 15) is 9.59 Å². The van der Waals surface area contributed by atoms with E-state index in [0.29, 0.717) is 32.7 Å². The van der Waals surface area contributed by atoms with Crippen molar-refractivity contribution in [1.29, 1.82) is 0 Å². The monoisotopic (exact) mass is 465 g/mol. The van der Waals surface area contributed by atoms with Crippen LogP contribution in [0.1, 0.15) is 59.0 Å². The third kappa shape index (κ3) is 4.26. The predicted molar refractivity (Wildman–Crippen MR) is 130 cm³/mol. The van der Waals surface area contributed by atoms with Crippen molar-refractivity contribution in [2.45, 2.75) is 58.5 Å². The Morgan fingerprint density at radius 3 is 2.53 bits per heavy atom. The molecular formula is C27H35N3O4. The molecule has 0 bridgehead atoms. The summed E-state index contributed by atoms with van der Waals surface area (Å²) < 4.78 is 13.1. The van der Waals surface area contributed by atoms with Crippen LogP contribution in [0.3, 0.4) is 0 Å². The summed E-state index contributed by atoms with van der Waals surface area (Å²) in [5.41, 5.74) is 2.36. The molecule has 1 unspecified atom stereocenters. The first-order valence-corrected chi connectivity index (χ1v) is 12.3. The zero-order chi connectivity index (χ0) is 24.3. The molecular weight excluding hydrogens is 430 g/mol. The number of piperidine rings is 1. The molecule has 4 heterocycles. The number of amides is 1. The number of hydrogen-bond acceptors (Lipinski definition) is 5. The standard InChI is InChI=1S/C27H35N3O4/c1-26(2,3)34-25(32)29-15-18-19(16-29)22(18)21(31)14-27(4,5)24-28-23(17-9-12-33-13-10-17)20-8-6-7-11-30(20)24/h6-9,11,18-19,22H,10,12-16H2,1-5H3/t18-,19+,22?. The molecule has 3 atom stereocenters. The molecule has 0 spiro atoms. The van der Waals surface area contributed by atoms with Crippen molar-refractivity contribution in [2.75, 3.05) is 26.3 Å². The Hall–Kier alpha value is -2.67. The Labute approximate surface area is 201 Å². The number of aromatic nitrogens is 2. The SMILES string of the molecule is CC(C)(C)OC(=O)N1C[C@@H]2C(C(=O)CC(C)(C)c3nc(C4=CCOCC4)c4ccccn34)[C@@H]2C1. The molecule has 1 saturated carbocycles. The molecule has 0 aromatic carbocycles. The number of likely N-dealkylation sites (tertiary alicyclic amines) is 1. The molecule has 7 heteroatoms. The second-order valence-corrected chi connectivity index (χ2v) is 11.6. The summed E-state index contributed by atoms with van der Waals surface area (Å²) in [5, 5.41) is 0. The number of Topliss-reactive ketones (excluding diaryl/α,β-unsaturated/α-hetero) is 1. The lowest BCUT2D eigenvalue weighted by atomic mass is 9.84. The van der Waals surface area contributed by atoms with Crippen molar-refractivity contribution in [2.24, 2.45) is 17.8 Å². The molecule has 182 valence electrons. The Kier molecular flexibility index (Phi) is 5.58. The van der Waals surface area contributed by atoms with Gasteiger partial charge in [-0.1, -0.05) is 26.0 Å². The first-order valence-electron chi connectivity index (χ1n) is 12.3. The van der Waals surface area contributed by atoms with Crippen LogP contribution < -0.4 is 0 Å². The minimum Gasteiger partial charge on any atom is -0.444 e. The second-order valence-electron chi connectivity index (χ2n) is 11.6. The fourth-order valence-electron chi connectivity index (χ4n) is 5.61. The Balaban J connectivity index is 1.30. The van der Waals surface area contributed by atoms with E-state index in [0.717, 1.165) is 23.5 Å². The molecule has 34 heavy (non-hydrogen) atoms. The number of ether oxygens (including phenoxy) is 2. The average molecular weight is 466 g/mol. The van der Waals surface area contributed by atoms with Gasteiger partial charge >= 0.3 is 6.09 Å². The summed E-state index contributed by atoms with van der Waals surface area (Å²) in [7, 11) is 0. The number of rotatable bonds is 5. The molecule has 2 aliphatic heterocycles. The van der Waals surface area contributed by atoms with Gasteiger partial charge in [-0.25, -0.2) is 9.78 Å². The minimum atomic E-state index is -0.504. The summed E-state index contributed by atoms with van der Waals surface area (Å²) in [5.74, 6) is 1.76. The van der Waals surface area contributed by atoms with Gasteiger partial charge < -0.3 is 18.8 Å². The molecule has 1 saturated heterocycles. The van der Waals surface area contributed by atoms with Crippen LogP contribution >= 0.6 is 0 Å². The highest BCUT2D eigenvalue weighted by Crippen LogP contribution is 2.53. The summed E-state index contributed by atoms with van der Waals surface area (Å²) in [4.78, 5) is 32.6. The van der Waals surface area contributed by atoms with Crippen LogP contribution in [0.5, 0.6) is 0 Å². The van der Waals surface area contributed by atoms with Gasteiger partial charge in [-0.3, -0.25) is 4.79 Å². The highest BCUT2D eigenvalue weighted by molar-refractivity contribution is 5.86. The van der Waals surface area contributed by atoms with Gasteiger partial charge in [0, 0.05) is 37.0 Å². The average Bonchev–Trinajstić information content (AvgIpc) is 3.09. The van der Waals surface area contributed by atoms with Gasteiger partial charge in [-0.2, -0.15) is 0 Å². The highest BCUT2D eigenvalue weighted by Gasteiger charge is 2.60. The van der Waals surface area contributed by atoms with Crippen LogP contribution in [0.4, 0.5) is 4.79 Å². The van der Waals surface area contributed by atoms with E-state index < -0.39 is 11.0 Å². The van der Waals surface area contributed by atoms with E-state index in [4.69, 9.17) is 14.5 Å². The lowest BCUT2D eigenvalue weighted by molar-refractivity contribution is -0.122. The van der Waals surface area contributed by atoms with Crippen LogP contribution in [0.2, 0.25) is 0 Å². The fraction of sp³-hybridized carbons (Fsp3) is 0.593. The van der Waals surface area contributed by atoms with Crippen molar-refractivity contribution in [3.05, 3.63) is 42.0 Å². The van der Waals surface area contributed by atoms with Crippen molar-refractivity contribution in [1.82, 2.24) is 14.3 Å². The zero-order valence-electron chi connectivity index (χ0n) is 20.8. The number of carbonyl (C=O) groups is 2. The third-order valence-corrected chi connectivity index (χ3v) is 7.25. The topological polar surface area (TPSA) is 73.1 Å². The van der Waals surface area contributed by atoms with Gasteiger partial charge in [-0.05, 0) is 56.7 Å². The Morgan fingerprint density at radius 2 is 1.88 bits per heavy atom. The number of imidazole rings is 1. The lowest BCUT2D eigenvalue weighted by Crippen LogP contribution is -2.38. The number of pyridine rings is 1. The molecule has 5 rings (SSSR count). The molecule has 1 amide bonds. The van der Waals surface area contributed by atoms with Crippen molar-refractivity contribution in [3.63, 3.8) is 0 Å². The van der Waals surface area contributed by atoms with Gasteiger partial charge in [0.15, 0.2) is 0 Å². The number of ketones is 1. The second kappa shape index (κ2) is 8.22. The van der Waals surface area contributed by atoms with Crippen LogP contribution in [-0.2, 0) is 19.7 Å². The van der Waals surface area contributed by atoms with Gasteiger partial charge in [-0.15, -0.1) is 0 Å². The molecule has 2 aromatic rings. The highest BCUT2D eigenvalue weighted by atomic mass is 16.6. The molecule has 0 radical (unpaired) electrons. The minimum absolute atomic E-state index is 0.0434. The predicted octanol–water partition coefficient (Wildman–Crippen LogP) is 4.49. The van der Waals surface area contributed by atoms with Gasteiger partial charge in [0.2, 0.25) is 0 Å². The maximum Gasteiger partial charge on any atom is 0.410 e. The number of carbonyl (C=O) groups excluding carboxylic acids is 2. The quantitative estimate of drug-likeness (QED) is 0.651. The van der Waals surface area contributed by atoms with E-state index in [1.165, 1.54) is 5.57 Å². The molecule has 3 aliphatic rings. The van der Waals surface area contributed by atoms with Crippen LogP contribution in [0.15, 0.2) is 30.5 Å². The van der Waals surface area contributed by atoms with Crippen molar-refractivity contribution < 1.29 is 19.1 Å².